The highest BCUT2D eigenvalue weighted by atomic mass is 35.5. The fourth-order valence-corrected chi connectivity index (χ4v) is 5.76. The molecule has 0 unspecified atom stereocenters. The Morgan fingerprint density at radius 2 is 0.929 bits per heavy atom. The van der Waals surface area contributed by atoms with E-state index in [0.29, 0.717) is 17.6 Å². The first-order valence-electron chi connectivity index (χ1n) is 17.0. The van der Waals surface area contributed by atoms with E-state index in [-0.39, 0.29) is 37.6 Å². The molecule has 0 aliphatic carbocycles. The molecular formula is C34H67ClN2O5. The number of nitrogens with zero attached hydrogens (tertiary/aromatic N) is 2. The predicted molar refractivity (Wildman–Crippen MR) is 170 cm³/mol. The van der Waals surface area contributed by atoms with Gasteiger partial charge in [0.2, 0.25) is 5.78 Å². The fraction of sp³-hybridized carbons (Fsp3) is 0.912. The van der Waals surface area contributed by atoms with Gasteiger partial charge in [0, 0.05) is 6.42 Å². The number of quaternary nitrogens is 1. The summed E-state index contributed by atoms with van der Waals surface area (Å²) in [6, 6.07) is 0. The Hall–Kier alpha value is -1.18. The number of carbonyl (C=O) groups excluding carboxylic acids is 1. The average Bonchev–Trinajstić information content (AvgIpc) is 2.89. The van der Waals surface area contributed by atoms with Crippen molar-refractivity contribution in [3.8, 4) is 0 Å². The van der Waals surface area contributed by atoms with Gasteiger partial charge in [0.25, 0.3) is 0 Å². The number of Topliss-reactive ketones (excluding diaryl/α,β-unsaturated/α-hetero) is 1. The summed E-state index contributed by atoms with van der Waals surface area (Å²) in [5.74, 6) is -2.64. The molecule has 8 heteroatoms. The highest BCUT2D eigenvalue weighted by Gasteiger charge is 2.52. The van der Waals surface area contributed by atoms with Crippen LogP contribution in [0.3, 0.4) is 0 Å². The summed E-state index contributed by atoms with van der Waals surface area (Å²) in [6.45, 7) is 5.55. The summed E-state index contributed by atoms with van der Waals surface area (Å²) in [5, 5.41) is 20.0. The van der Waals surface area contributed by atoms with Gasteiger partial charge in [-0.05, 0) is 32.4 Å². The van der Waals surface area contributed by atoms with Crippen molar-refractivity contribution in [3.05, 3.63) is 0 Å². The first-order valence-corrected chi connectivity index (χ1v) is 17.0. The lowest BCUT2D eigenvalue weighted by Gasteiger charge is -2.40. The van der Waals surface area contributed by atoms with Crippen molar-refractivity contribution in [1.29, 1.82) is 0 Å². The normalized spacial score (nSPS) is 13.1. The van der Waals surface area contributed by atoms with Gasteiger partial charge in [0.05, 0.1) is 21.1 Å². The zero-order chi connectivity index (χ0) is 31.0. The van der Waals surface area contributed by atoms with E-state index in [9.17, 15) is 24.6 Å². The van der Waals surface area contributed by atoms with Crippen LogP contribution in [0.1, 0.15) is 155 Å². The lowest BCUT2D eigenvalue weighted by atomic mass is 9.85. The molecule has 0 aromatic heterocycles. The van der Waals surface area contributed by atoms with Crippen LogP contribution < -0.4 is 12.4 Å². The molecule has 0 saturated carbocycles. The Kier molecular flexibility index (Phi) is 26.8. The Labute approximate surface area is 265 Å². The number of carboxylic acid groups (broad SMARTS) is 2. The second kappa shape index (κ2) is 26.2. The van der Waals surface area contributed by atoms with Crippen LogP contribution in [0.2, 0.25) is 0 Å². The molecule has 0 fully saturated rings. The minimum atomic E-state index is -1.79. The summed E-state index contributed by atoms with van der Waals surface area (Å²) in [6.07, 6.45) is 23.2. The predicted octanol–water partition coefficient (Wildman–Crippen LogP) is 5.10. The van der Waals surface area contributed by atoms with Crippen LogP contribution in [0.4, 0.5) is 0 Å². The Bertz CT molecular complexity index is 674. The summed E-state index contributed by atoms with van der Waals surface area (Å²) in [5.41, 5.74) is -1.79. The largest absolute Gasteiger partial charge is 1.00 e. The van der Waals surface area contributed by atoms with Crippen LogP contribution in [-0.4, -0.2) is 83.6 Å². The maximum Gasteiger partial charge on any atom is 0.332 e. The van der Waals surface area contributed by atoms with Gasteiger partial charge in [0.1, 0.15) is 6.54 Å². The standard InChI is InChI=1S/C34H66N2O5.ClH/c1-6-8-10-12-14-16-18-20-22-24-28-35(29-25-23-21-19-17-15-13-11-9-7-2)34(33(40)41,27-26-32(38)39)31(37)30-36(3,4)5;/h6-30H2,1-5H3,(H-,38,39,40,41);1H/t34-;/m0./s1. The molecule has 0 rings (SSSR count). The van der Waals surface area contributed by atoms with E-state index in [2.05, 4.69) is 13.8 Å². The second-order valence-electron chi connectivity index (χ2n) is 13.3. The molecule has 42 heavy (non-hydrogen) atoms. The molecule has 0 radical (unpaired) electrons. The minimum absolute atomic E-state index is 0. The van der Waals surface area contributed by atoms with E-state index in [1.54, 1.807) is 0 Å². The third-order valence-corrected chi connectivity index (χ3v) is 8.24. The summed E-state index contributed by atoms with van der Waals surface area (Å²) in [4.78, 5) is 40.0. The number of halogens is 1. The molecular weight excluding hydrogens is 552 g/mol. The fourth-order valence-electron chi connectivity index (χ4n) is 5.76. The van der Waals surface area contributed by atoms with Crippen molar-refractivity contribution < 1.29 is 41.5 Å². The average molecular weight is 619 g/mol. The Morgan fingerprint density at radius 3 is 1.21 bits per heavy atom. The third kappa shape index (κ3) is 20.7. The smallest absolute Gasteiger partial charge is 0.332 e. The minimum Gasteiger partial charge on any atom is -1.00 e. The SMILES string of the molecule is CCCCCCCCCCCCN(CCCCCCCCCCCC)[C@](CCC(=O)O)(C(=O)O)C(=O)C[N+](C)(C)C.[Cl-]. The molecule has 0 amide bonds. The van der Waals surface area contributed by atoms with Gasteiger partial charge in [-0.15, -0.1) is 0 Å². The van der Waals surface area contributed by atoms with Crippen LogP contribution in [0, 0.1) is 0 Å². The number of hydrogen-bond donors (Lipinski definition) is 2. The van der Waals surface area contributed by atoms with Crippen LogP contribution in [-0.2, 0) is 14.4 Å². The molecule has 0 aromatic carbocycles. The lowest BCUT2D eigenvalue weighted by molar-refractivity contribution is -0.862. The van der Waals surface area contributed by atoms with Gasteiger partial charge < -0.3 is 27.1 Å². The molecule has 2 N–H and O–H groups in total. The Balaban J connectivity index is 0. The van der Waals surface area contributed by atoms with Crippen molar-refractivity contribution in [2.45, 2.75) is 161 Å². The van der Waals surface area contributed by atoms with Crippen LogP contribution in [0.25, 0.3) is 0 Å². The highest BCUT2D eigenvalue weighted by molar-refractivity contribution is 6.08. The molecule has 0 bridgehead atoms. The van der Waals surface area contributed by atoms with E-state index in [4.69, 9.17) is 0 Å². The number of aliphatic carboxylic acids is 2. The molecule has 250 valence electrons. The van der Waals surface area contributed by atoms with Gasteiger partial charge >= 0.3 is 11.9 Å². The molecule has 1 atom stereocenters. The Morgan fingerprint density at radius 1 is 0.595 bits per heavy atom. The number of ketones is 1. The van der Waals surface area contributed by atoms with E-state index >= 15 is 0 Å². The number of carbonyl (C=O) groups is 3. The second-order valence-corrected chi connectivity index (χ2v) is 13.3. The quantitative estimate of drug-likeness (QED) is 0.0661. The molecule has 0 heterocycles. The van der Waals surface area contributed by atoms with Gasteiger partial charge in [-0.3, -0.25) is 14.5 Å². The van der Waals surface area contributed by atoms with Gasteiger partial charge in [0.15, 0.2) is 5.54 Å². The van der Waals surface area contributed by atoms with Crippen molar-refractivity contribution in [1.82, 2.24) is 4.90 Å². The van der Waals surface area contributed by atoms with E-state index < -0.39 is 17.5 Å². The molecule has 0 aliphatic rings. The van der Waals surface area contributed by atoms with Crippen molar-refractivity contribution >= 4 is 17.7 Å². The third-order valence-electron chi connectivity index (χ3n) is 8.24. The first kappa shape index (κ1) is 43.0. The van der Waals surface area contributed by atoms with Crippen LogP contribution in [0.15, 0.2) is 0 Å². The zero-order valence-electron chi connectivity index (χ0n) is 28.1. The van der Waals surface area contributed by atoms with Gasteiger partial charge in [-0.2, -0.15) is 0 Å². The van der Waals surface area contributed by atoms with Crippen LogP contribution >= 0.6 is 0 Å². The topological polar surface area (TPSA) is 94.9 Å². The molecule has 0 saturated heterocycles. The number of unbranched alkanes of at least 4 members (excludes halogenated alkanes) is 18. The number of rotatable bonds is 30. The molecule has 0 spiro atoms. The van der Waals surface area contributed by atoms with E-state index in [1.807, 2.05) is 26.0 Å². The van der Waals surface area contributed by atoms with Crippen molar-refractivity contribution in [2.24, 2.45) is 0 Å². The first-order chi connectivity index (χ1) is 19.5. The van der Waals surface area contributed by atoms with Crippen molar-refractivity contribution in [2.75, 3.05) is 40.8 Å². The van der Waals surface area contributed by atoms with Crippen LogP contribution in [0.5, 0.6) is 0 Å². The monoisotopic (exact) mass is 618 g/mol. The summed E-state index contributed by atoms with van der Waals surface area (Å²) >= 11 is 0. The zero-order valence-corrected chi connectivity index (χ0v) is 28.8. The molecule has 0 aromatic rings. The van der Waals surface area contributed by atoms with Gasteiger partial charge in [-0.25, -0.2) is 4.79 Å². The highest BCUT2D eigenvalue weighted by Crippen LogP contribution is 2.27. The summed E-state index contributed by atoms with van der Waals surface area (Å²) in [7, 11) is 5.61. The maximum absolute atomic E-state index is 13.7. The maximum atomic E-state index is 13.7. The van der Waals surface area contributed by atoms with E-state index in [0.717, 1.165) is 38.5 Å². The number of hydrogen-bond acceptors (Lipinski definition) is 4. The number of carboxylic acids is 2. The van der Waals surface area contributed by atoms with Gasteiger partial charge in [-0.1, -0.05) is 129 Å². The van der Waals surface area contributed by atoms with E-state index in [1.165, 1.54) is 89.9 Å². The van der Waals surface area contributed by atoms with Crippen molar-refractivity contribution in [3.63, 3.8) is 0 Å². The lowest BCUT2D eigenvalue weighted by Crippen LogP contribution is -3.00. The number of likely N-dealkylation sites (N-methyl/N-ethyl adjacent to an activating group) is 1. The molecule has 7 nitrogen and oxygen atoms in total. The molecule has 0 aliphatic heterocycles. The summed E-state index contributed by atoms with van der Waals surface area (Å²) < 4.78 is 0.311.